The normalized spacial score (nSPS) is 37.5. The molecule has 0 radical (unpaired) electrons. The number of piperidine rings is 2. The summed E-state index contributed by atoms with van der Waals surface area (Å²) >= 11 is 0. The zero-order valence-electron chi connectivity index (χ0n) is 10.7. The highest BCUT2D eigenvalue weighted by Gasteiger charge is 2.28. The molecular formula is C13H26N2O. The van der Waals surface area contributed by atoms with E-state index < -0.39 is 0 Å². The summed E-state index contributed by atoms with van der Waals surface area (Å²) in [6, 6.07) is 1.48. The third-order valence-corrected chi connectivity index (χ3v) is 3.92. The lowest BCUT2D eigenvalue weighted by atomic mass is 9.96. The standard InChI is InChI=1S/C13H26N2O/c1-3-16-13-5-4-8-15(10-13)12-6-7-14-11(2)9-12/h11-14H,3-10H2,1-2H3. The van der Waals surface area contributed by atoms with Gasteiger partial charge < -0.3 is 10.1 Å². The molecule has 94 valence electrons. The number of ether oxygens (including phenoxy) is 1. The van der Waals surface area contributed by atoms with Crippen molar-refractivity contribution in [3.63, 3.8) is 0 Å². The molecule has 0 saturated carbocycles. The van der Waals surface area contributed by atoms with Gasteiger partial charge in [0.1, 0.15) is 0 Å². The van der Waals surface area contributed by atoms with Crippen molar-refractivity contribution in [3.8, 4) is 0 Å². The van der Waals surface area contributed by atoms with Crippen LogP contribution in [0, 0.1) is 0 Å². The van der Waals surface area contributed by atoms with Crippen LogP contribution in [0.5, 0.6) is 0 Å². The van der Waals surface area contributed by atoms with Gasteiger partial charge in [0.2, 0.25) is 0 Å². The molecule has 2 saturated heterocycles. The monoisotopic (exact) mass is 226 g/mol. The summed E-state index contributed by atoms with van der Waals surface area (Å²) in [6.45, 7) is 8.89. The Morgan fingerprint density at radius 1 is 1.38 bits per heavy atom. The minimum absolute atomic E-state index is 0.490. The molecule has 2 aliphatic heterocycles. The SMILES string of the molecule is CCOC1CCCN(C2CCNC(C)C2)C1. The van der Waals surface area contributed by atoms with Crippen molar-refractivity contribution < 1.29 is 4.74 Å². The Balaban J connectivity index is 1.83. The van der Waals surface area contributed by atoms with Crippen LogP contribution in [0.1, 0.15) is 39.5 Å². The van der Waals surface area contributed by atoms with Crippen molar-refractivity contribution in [2.45, 2.75) is 57.7 Å². The number of nitrogens with one attached hydrogen (secondary N) is 1. The van der Waals surface area contributed by atoms with Gasteiger partial charge in [-0.25, -0.2) is 0 Å². The topological polar surface area (TPSA) is 24.5 Å². The third kappa shape index (κ3) is 3.19. The van der Waals surface area contributed by atoms with Gasteiger partial charge in [0.15, 0.2) is 0 Å². The lowest BCUT2D eigenvalue weighted by Crippen LogP contribution is -2.51. The number of nitrogens with zero attached hydrogens (tertiary/aromatic N) is 1. The molecule has 2 heterocycles. The van der Waals surface area contributed by atoms with Gasteiger partial charge in [-0.2, -0.15) is 0 Å². The summed E-state index contributed by atoms with van der Waals surface area (Å²) in [5, 5.41) is 3.53. The molecule has 2 fully saturated rings. The van der Waals surface area contributed by atoms with Gasteiger partial charge in [0, 0.05) is 25.2 Å². The average molecular weight is 226 g/mol. The van der Waals surface area contributed by atoms with Gasteiger partial charge in [-0.15, -0.1) is 0 Å². The fourth-order valence-electron chi connectivity index (χ4n) is 3.11. The molecule has 0 amide bonds. The van der Waals surface area contributed by atoms with Crippen LogP contribution >= 0.6 is 0 Å². The predicted octanol–water partition coefficient (Wildman–Crippen LogP) is 1.63. The second-order valence-corrected chi connectivity index (χ2v) is 5.25. The van der Waals surface area contributed by atoms with Crippen molar-refractivity contribution in [3.05, 3.63) is 0 Å². The lowest BCUT2D eigenvalue weighted by molar-refractivity contribution is -0.0133. The van der Waals surface area contributed by atoms with Crippen molar-refractivity contribution in [2.75, 3.05) is 26.2 Å². The summed E-state index contributed by atoms with van der Waals surface area (Å²) in [4.78, 5) is 2.67. The van der Waals surface area contributed by atoms with Gasteiger partial charge in [-0.1, -0.05) is 0 Å². The zero-order valence-corrected chi connectivity index (χ0v) is 10.7. The number of rotatable bonds is 3. The molecule has 0 aromatic rings. The smallest absolute Gasteiger partial charge is 0.0702 e. The fraction of sp³-hybridized carbons (Fsp3) is 1.00. The van der Waals surface area contributed by atoms with Crippen LogP contribution in [0.4, 0.5) is 0 Å². The molecular weight excluding hydrogens is 200 g/mol. The first-order valence-corrected chi connectivity index (χ1v) is 6.88. The molecule has 3 atom stereocenters. The summed E-state index contributed by atoms with van der Waals surface area (Å²) in [5.41, 5.74) is 0. The van der Waals surface area contributed by atoms with Crippen LogP contribution in [-0.4, -0.2) is 49.3 Å². The van der Waals surface area contributed by atoms with Gasteiger partial charge in [-0.05, 0) is 52.6 Å². The van der Waals surface area contributed by atoms with E-state index in [1.165, 1.54) is 38.8 Å². The second kappa shape index (κ2) is 5.99. The Labute approximate surface area is 99.5 Å². The lowest BCUT2D eigenvalue weighted by Gasteiger charge is -2.41. The van der Waals surface area contributed by atoms with Crippen LogP contribution in [0.2, 0.25) is 0 Å². The Morgan fingerprint density at radius 3 is 3.00 bits per heavy atom. The Morgan fingerprint density at radius 2 is 2.25 bits per heavy atom. The first kappa shape index (κ1) is 12.3. The average Bonchev–Trinajstić information content (AvgIpc) is 2.30. The van der Waals surface area contributed by atoms with Crippen molar-refractivity contribution >= 4 is 0 Å². The van der Waals surface area contributed by atoms with E-state index in [9.17, 15) is 0 Å². The summed E-state index contributed by atoms with van der Waals surface area (Å²) in [6.07, 6.45) is 5.67. The molecule has 0 aliphatic carbocycles. The van der Waals surface area contributed by atoms with E-state index in [4.69, 9.17) is 4.74 Å². The van der Waals surface area contributed by atoms with E-state index in [0.29, 0.717) is 12.1 Å². The minimum Gasteiger partial charge on any atom is -0.377 e. The van der Waals surface area contributed by atoms with Crippen LogP contribution in [0.25, 0.3) is 0 Å². The Kier molecular flexibility index (Phi) is 4.62. The molecule has 2 rings (SSSR count). The zero-order chi connectivity index (χ0) is 11.4. The van der Waals surface area contributed by atoms with Crippen molar-refractivity contribution in [1.29, 1.82) is 0 Å². The highest BCUT2D eigenvalue weighted by atomic mass is 16.5. The van der Waals surface area contributed by atoms with Gasteiger partial charge in [0.25, 0.3) is 0 Å². The minimum atomic E-state index is 0.490. The van der Waals surface area contributed by atoms with E-state index in [-0.39, 0.29) is 0 Å². The predicted molar refractivity (Wildman–Crippen MR) is 66.7 cm³/mol. The van der Waals surface area contributed by atoms with E-state index in [1.54, 1.807) is 0 Å². The molecule has 16 heavy (non-hydrogen) atoms. The summed E-state index contributed by atoms with van der Waals surface area (Å²) < 4.78 is 5.77. The van der Waals surface area contributed by atoms with Crippen molar-refractivity contribution in [2.24, 2.45) is 0 Å². The summed E-state index contributed by atoms with van der Waals surface area (Å²) in [7, 11) is 0. The molecule has 3 nitrogen and oxygen atoms in total. The first-order chi connectivity index (χ1) is 7.79. The molecule has 0 aromatic carbocycles. The number of hydrogen-bond donors (Lipinski definition) is 1. The van der Waals surface area contributed by atoms with Crippen LogP contribution in [0.3, 0.4) is 0 Å². The van der Waals surface area contributed by atoms with Gasteiger partial charge in [-0.3, -0.25) is 4.90 Å². The van der Waals surface area contributed by atoms with Crippen LogP contribution in [-0.2, 0) is 4.74 Å². The maximum absolute atomic E-state index is 5.77. The largest absolute Gasteiger partial charge is 0.377 e. The van der Waals surface area contributed by atoms with Crippen molar-refractivity contribution in [1.82, 2.24) is 10.2 Å². The fourth-order valence-corrected chi connectivity index (χ4v) is 3.11. The first-order valence-electron chi connectivity index (χ1n) is 6.88. The maximum Gasteiger partial charge on any atom is 0.0702 e. The van der Waals surface area contributed by atoms with E-state index >= 15 is 0 Å². The highest BCUT2D eigenvalue weighted by molar-refractivity contribution is 4.85. The third-order valence-electron chi connectivity index (χ3n) is 3.92. The maximum atomic E-state index is 5.77. The molecule has 0 aromatic heterocycles. The van der Waals surface area contributed by atoms with Crippen LogP contribution in [0.15, 0.2) is 0 Å². The van der Waals surface area contributed by atoms with E-state index in [0.717, 1.165) is 19.2 Å². The van der Waals surface area contributed by atoms with E-state index in [1.807, 2.05) is 0 Å². The van der Waals surface area contributed by atoms with Gasteiger partial charge in [0.05, 0.1) is 6.10 Å². The Hall–Kier alpha value is -0.120. The second-order valence-electron chi connectivity index (χ2n) is 5.25. The van der Waals surface area contributed by atoms with E-state index in [2.05, 4.69) is 24.1 Å². The molecule has 3 heteroatoms. The number of hydrogen-bond acceptors (Lipinski definition) is 3. The molecule has 2 aliphatic rings. The quantitative estimate of drug-likeness (QED) is 0.791. The molecule has 0 spiro atoms. The molecule has 1 N–H and O–H groups in total. The molecule has 0 bridgehead atoms. The molecule has 3 unspecified atom stereocenters. The van der Waals surface area contributed by atoms with Gasteiger partial charge >= 0.3 is 0 Å². The summed E-state index contributed by atoms with van der Waals surface area (Å²) in [5.74, 6) is 0. The Bertz CT molecular complexity index is 208. The number of likely N-dealkylation sites (tertiary alicyclic amines) is 1. The van der Waals surface area contributed by atoms with Crippen LogP contribution < -0.4 is 5.32 Å². The highest BCUT2D eigenvalue weighted by Crippen LogP contribution is 2.21.